The molecule has 0 aliphatic rings. The lowest BCUT2D eigenvalue weighted by Crippen LogP contribution is -2.20. The zero-order chi connectivity index (χ0) is 11.8. The van der Waals surface area contributed by atoms with Crippen LogP contribution in [-0.4, -0.2) is 11.1 Å². The molecule has 0 radical (unpaired) electrons. The minimum absolute atomic E-state index is 0.118. The lowest BCUT2D eigenvalue weighted by atomic mass is 10.1. The minimum Gasteiger partial charge on any atom is -0.342 e. The molecule has 16 heavy (non-hydrogen) atoms. The lowest BCUT2D eigenvalue weighted by molar-refractivity contribution is 0.410. The van der Waals surface area contributed by atoms with E-state index in [4.69, 9.17) is 5.73 Å². The van der Waals surface area contributed by atoms with Crippen molar-refractivity contribution in [3.63, 3.8) is 0 Å². The Morgan fingerprint density at radius 2 is 1.88 bits per heavy atom. The van der Waals surface area contributed by atoms with Crippen molar-refractivity contribution in [3.05, 3.63) is 36.0 Å². The van der Waals surface area contributed by atoms with Gasteiger partial charge in [-0.25, -0.2) is 0 Å². The van der Waals surface area contributed by atoms with Gasteiger partial charge in [0.2, 0.25) is 0 Å². The summed E-state index contributed by atoms with van der Waals surface area (Å²) >= 11 is 0. The zero-order valence-corrected chi connectivity index (χ0v) is 10.3. The van der Waals surface area contributed by atoms with Crippen molar-refractivity contribution < 1.29 is 0 Å². The van der Waals surface area contributed by atoms with E-state index >= 15 is 0 Å². The molecule has 0 saturated heterocycles. The van der Waals surface area contributed by atoms with Gasteiger partial charge in [-0.1, -0.05) is 18.2 Å². The normalized spacial score (nSPS) is 12.2. The summed E-state index contributed by atoms with van der Waals surface area (Å²) in [6.07, 6.45) is 3.20. The van der Waals surface area contributed by atoms with E-state index in [9.17, 15) is 0 Å². The molecule has 0 aliphatic heterocycles. The standard InChI is InChI=1S/C14H20N2/c1-14(2,3)16-10-11(8-9-15)12-6-4-5-7-13(12)16/h4-7,10H,8-9,15H2,1-3H3. The second kappa shape index (κ2) is 3.95. The number of para-hydroxylation sites is 1. The van der Waals surface area contributed by atoms with Crippen LogP contribution >= 0.6 is 0 Å². The molecule has 0 spiro atoms. The van der Waals surface area contributed by atoms with Crippen LogP contribution in [0.15, 0.2) is 30.5 Å². The summed E-state index contributed by atoms with van der Waals surface area (Å²) in [4.78, 5) is 0. The third kappa shape index (κ3) is 1.85. The molecule has 2 heteroatoms. The maximum Gasteiger partial charge on any atom is 0.0488 e. The largest absolute Gasteiger partial charge is 0.342 e. The van der Waals surface area contributed by atoms with Crippen molar-refractivity contribution in [1.29, 1.82) is 0 Å². The Kier molecular flexibility index (Phi) is 2.76. The SMILES string of the molecule is CC(C)(C)n1cc(CCN)c2ccccc21. The van der Waals surface area contributed by atoms with Gasteiger partial charge in [-0.15, -0.1) is 0 Å². The summed E-state index contributed by atoms with van der Waals surface area (Å²) in [6, 6.07) is 8.55. The first-order chi connectivity index (χ1) is 7.54. The van der Waals surface area contributed by atoms with Crippen LogP contribution in [0.4, 0.5) is 0 Å². The molecule has 0 aliphatic carbocycles. The Morgan fingerprint density at radius 1 is 1.19 bits per heavy atom. The van der Waals surface area contributed by atoms with Gasteiger partial charge in [0.1, 0.15) is 0 Å². The molecule has 2 rings (SSSR count). The number of hydrogen-bond donors (Lipinski definition) is 1. The summed E-state index contributed by atoms with van der Waals surface area (Å²) in [6.45, 7) is 7.39. The molecule has 1 aromatic carbocycles. The predicted molar refractivity (Wildman–Crippen MR) is 69.7 cm³/mol. The van der Waals surface area contributed by atoms with Crippen LogP contribution in [0, 0.1) is 0 Å². The summed E-state index contributed by atoms with van der Waals surface area (Å²) in [5.41, 5.74) is 8.44. The van der Waals surface area contributed by atoms with Gasteiger partial charge in [-0.05, 0) is 45.4 Å². The van der Waals surface area contributed by atoms with Crippen LogP contribution in [0.1, 0.15) is 26.3 Å². The van der Waals surface area contributed by atoms with Gasteiger partial charge < -0.3 is 10.3 Å². The number of nitrogens with two attached hydrogens (primary N) is 1. The number of fused-ring (bicyclic) bond motifs is 1. The van der Waals surface area contributed by atoms with Gasteiger partial charge in [0.05, 0.1) is 0 Å². The Balaban J connectivity index is 2.67. The maximum atomic E-state index is 5.66. The van der Waals surface area contributed by atoms with Crippen LogP contribution in [0.2, 0.25) is 0 Å². The lowest BCUT2D eigenvalue weighted by Gasteiger charge is -2.22. The second-order valence-corrected chi connectivity index (χ2v) is 5.25. The van der Waals surface area contributed by atoms with E-state index in [2.05, 4.69) is 55.8 Å². The van der Waals surface area contributed by atoms with Gasteiger partial charge in [0, 0.05) is 22.6 Å². The quantitative estimate of drug-likeness (QED) is 0.822. The third-order valence-electron chi connectivity index (χ3n) is 2.93. The maximum absolute atomic E-state index is 5.66. The fraction of sp³-hybridized carbons (Fsp3) is 0.429. The van der Waals surface area contributed by atoms with Crippen LogP contribution in [0.5, 0.6) is 0 Å². The fourth-order valence-electron chi connectivity index (χ4n) is 2.16. The van der Waals surface area contributed by atoms with Crippen LogP contribution in [0.3, 0.4) is 0 Å². The molecule has 2 nitrogen and oxygen atoms in total. The third-order valence-corrected chi connectivity index (χ3v) is 2.93. The topological polar surface area (TPSA) is 30.9 Å². The van der Waals surface area contributed by atoms with Crippen molar-refractivity contribution in [2.24, 2.45) is 5.73 Å². The smallest absolute Gasteiger partial charge is 0.0488 e. The van der Waals surface area contributed by atoms with Crippen molar-refractivity contribution in [2.75, 3.05) is 6.54 Å². The summed E-state index contributed by atoms with van der Waals surface area (Å²) in [5.74, 6) is 0. The molecule has 0 amide bonds. The van der Waals surface area contributed by atoms with E-state index < -0.39 is 0 Å². The van der Waals surface area contributed by atoms with E-state index in [1.54, 1.807) is 0 Å². The minimum atomic E-state index is 0.118. The predicted octanol–water partition coefficient (Wildman–Crippen LogP) is 2.90. The highest BCUT2D eigenvalue weighted by Gasteiger charge is 2.17. The molecule has 2 aromatic rings. The number of rotatable bonds is 2. The summed E-state index contributed by atoms with van der Waals surface area (Å²) in [5, 5.41) is 1.34. The average Bonchev–Trinajstić information content (AvgIpc) is 2.58. The highest BCUT2D eigenvalue weighted by Crippen LogP contribution is 2.27. The van der Waals surface area contributed by atoms with Crippen LogP contribution < -0.4 is 5.73 Å². The molecule has 1 heterocycles. The fourth-order valence-corrected chi connectivity index (χ4v) is 2.16. The summed E-state index contributed by atoms with van der Waals surface area (Å²) in [7, 11) is 0. The highest BCUT2D eigenvalue weighted by molar-refractivity contribution is 5.84. The Bertz CT molecular complexity index is 489. The van der Waals surface area contributed by atoms with E-state index in [1.807, 2.05) is 0 Å². The number of hydrogen-bond acceptors (Lipinski definition) is 1. The first-order valence-electron chi connectivity index (χ1n) is 5.83. The van der Waals surface area contributed by atoms with Crippen LogP contribution in [0.25, 0.3) is 10.9 Å². The molecule has 0 fully saturated rings. The molecular formula is C14H20N2. The van der Waals surface area contributed by atoms with E-state index in [1.165, 1.54) is 16.5 Å². The van der Waals surface area contributed by atoms with E-state index in [-0.39, 0.29) is 5.54 Å². The molecule has 0 saturated carbocycles. The Morgan fingerprint density at radius 3 is 2.50 bits per heavy atom. The van der Waals surface area contributed by atoms with Crippen molar-refractivity contribution in [2.45, 2.75) is 32.7 Å². The zero-order valence-electron chi connectivity index (χ0n) is 10.3. The highest BCUT2D eigenvalue weighted by atomic mass is 15.0. The molecule has 86 valence electrons. The molecule has 2 N–H and O–H groups in total. The Hall–Kier alpha value is -1.28. The monoisotopic (exact) mass is 216 g/mol. The molecule has 0 unspecified atom stereocenters. The number of benzene rings is 1. The average molecular weight is 216 g/mol. The number of nitrogens with zero attached hydrogens (tertiary/aromatic N) is 1. The van der Waals surface area contributed by atoms with Gasteiger partial charge in [-0.3, -0.25) is 0 Å². The summed E-state index contributed by atoms with van der Waals surface area (Å²) < 4.78 is 2.34. The van der Waals surface area contributed by atoms with E-state index in [0.717, 1.165) is 6.42 Å². The first-order valence-corrected chi connectivity index (χ1v) is 5.83. The van der Waals surface area contributed by atoms with Crippen molar-refractivity contribution in [1.82, 2.24) is 4.57 Å². The Labute approximate surface area is 97.1 Å². The second-order valence-electron chi connectivity index (χ2n) is 5.25. The van der Waals surface area contributed by atoms with Gasteiger partial charge in [-0.2, -0.15) is 0 Å². The first kappa shape index (κ1) is 11.2. The molecule has 0 bridgehead atoms. The van der Waals surface area contributed by atoms with Crippen molar-refractivity contribution >= 4 is 10.9 Å². The molecule has 0 atom stereocenters. The van der Waals surface area contributed by atoms with Crippen LogP contribution in [-0.2, 0) is 12.0 Å². The van der Waals surface area contributed by atoms with Gasteiger partial charge in [0.15, 0.2) is 0 Å². The van der Waals surface area contributed by atoms with Crippen molar-refractivity contribution in [3.8, 4) is 0 Å². The number of aromatic nitrogens is 1. The van der Waals surface area contributed by atoms with E-state index in [0.29, 0.717) is 6.54 Å². The molecular weight excluding hydrogens is 196 g/mol. The van der Waals surface area contributed by atoms with Gasteiger partial charge in [0.25, 0.3) is 0 Å². The van der Waals surface area contributed by atoms with Gasteiger partial charge >= 0.3 is 0 Å². The molecule has 1 aromatic heterocycles.